The summed E-state index contributed by atoms with van der Waals surface area (Å²) in [5.74, 6) is -0.189. The van der Waals surface area contributed by atoms with Crippen LogP contribution in [0.1, 0.15) is 9.67 Å². The fourth-order valence-corrected chi connectivity index (χ4v) is 2.39. The minimum Gasteiger partial charge on any atom is -0.319 e. The van der Waals surface area contributed by atoms with Crippen molar-refractivity contribution in [3.63, 3.8) is 0 Å². The number of halogens is 2. The molecule has 6 heteroatoms. The van der Waals surface area contributed by atoms with Crippen molar-refractivity contribution in [2.75, 3.05) is 5.32 Å². The molecule has 0 radical (unpaired) electrons. The normalized spacial score (nSPS) is 10.1. The quantitative estimate of drug-likeness (QED) is 0.856. The Kier molecular flexibility index (Phi) is 3.58. The highest BCUT2D eigenvalue weighted by atomic mass is 79.9. The van der Waals surface area contributed by atoms with Crippen molar-refractivity contribution in [1.29, 1.82) is 0 Å². The molecule has 2 aromatic heterocycles. The van der Waals surface area contributed by atoms with E-state index in [0.29, 0.717) is 19.5 Å². The van der Waals surface area contributed by atoms with Crippen LogP contribution < -0.4 is 5.32 Å². The van der Waals surface area contributed by atoms with E-state index in [0.717, 1.165) is 0 Å². The van der Waals surface area contributed by atoms with Crippen LogP contribution in [-0.2, 0) is 0 Å². The summed E-state index contributed by atoms with van der Waals surface area (Å²) in [5, 5.41) is 2.74. The van der Waals surface area contributed by atoms with Gasteiger partial charge in [-0.3, -0.25) is 4.79 Å². The zero-order valence-electron chi connectivity index (χ0n) is 7.91. The first-order valence-corrected chi connectivity index (χ1v) is 6.33. The molecular weight excluding hydrogens is 312 g/mol. The number of hydrogen-bond acceptors (Lipinski definition) is 3. The third-order valence-corrected chi connectivity index (χ3v) is 3.67. The first-order valence-electron chi connectivity index (χ1n) is 4.34. The number of hydrogen-bond donors (Lipinski definition) is 1. The Morgan fingerprint density at radius 1 is 1.44 bits per heavy atom. The molecule has 82 valence electrons. The first-order chi connectivity index (χ1) is 7.66. The molecule has 2 heterocycles. The molecule has 2 rings (SSSR count). The number of amides is 1. The van der Waals surface area contributed by atoms with Gasteiger partial charge in [-0.15, -0.1) is 11.3 Å². The summed E-state index contributed by atoms with van der Waals surface area (Å²) >= 11 is 10.2. The molecule has 0 aliphatic carbocycles. The molecule has 0 atom stereocenters. The molecule has 0 bridgehead atoms. The number of thiophene rings is 1. The summed E-state index contributed by atoms with van der Waals surface area (Å²) in [5.41, 5.74) is 0.636. The molecule has 0 aliphatic heterocycles. The van der Waals surface area contributed by atoms with Gasteiger partial charge in [0.15, 0.2) is 0 Å². The summed E-state index contributed by atoms with van der Waals surface area (Å²) in [7, 11) is 0. The van der Waals surface area contributed by atoms with Gasteiger partial charge in [0.25, 0.3) is 5.91 Å². The minimum atomic E-state index is -0.189. The molecule has 0 spiro atoms. The molecular formula is C10H6BrClN2OS. The molecule has 16 heavy (non-hydrogen) atoms. The summed E-state index contributed by atoms with van der Waals surface area (Å²) in [4.78, 5) is 16.4. The second-order valence-electron chi connectivity index (χ2n) is 2.90. The van der Waals surface area contributed by atoms with Gasteiger partial charge in [0, 0.05) is 6.20 Å². The summed E-state index contributed by atoms with van der Waals surface area (Å²) in [6.07, 6.45) is 1.64. The number of carbonyl (C=O) groups excluding carboxylic acids is 1. The van der Waals surface area contributed by atoms with Crippen LogP contribution >= 0.6 is 38.9 Å². The van der Waals surface area contributed by atoms with Crippen LogP contribution in [0.3, 0.4) is 0 Å². The van der Waals surface area contributed by atoms with Crippen molar-refractivity contribution in [2.24, 2.45) is 0 Å². The van der Waals surface area contributed by atoms with Crippen molar-refractivity contribution >= 4 is 50.5 Å². The Morgan fingerprint density at radius 2 is 2.25 bits per heavy atom. The van der Waals surface area contributed by atoms with Gasteiger partial charge in [-0.1, -0.05) is 11.6 Å². The van der Waals surface area contributed by atoms with Gasteiger partial charge < -0.3 is 5.32 Å². The smallest absolute Gasteiger partial charge is 0.265 e. The third-order valence-electron chi connectivity index (χ3n) is 1.80. The van der Waals surface area contributed by atoms with E-state index >= 15 is 0 Å². The number of aromatic nitrogens is 1. The van der Waals surface area contributed by atoms with E-state index in [1.165, 1.54) is 11.3 Å². The Labute approximate surface area is 110 Å². The predicted octanol–water partition coefficient (Wildman–Crippen LogP) is 3.81. The van der Waals surface area contributed by atoms with E-state index < -0.39 is 0 Å². The number of pyridine rings is 1. The molecule has 0 aliphatic rings. The molecule has 3 nitrogen and oxygen atoms in total. The lowest BCUT2D eigenvalue weighted by Gasteiger charge is -2.04. The highest BCUT2D eigenvalue weighted by molar-refractivity contribution is 9.10. The van der Waals surface area contributed by atoms with Crippen molar-refractivity contribution in [3.05, 3.63) is 44.3 Å². The Balaban J connectivity index is 2.17. The number of rotatable bonds is 2. The number of carbonyl (C=O) groups is 1. The van der Waals surface area contributed by atoms with Gasteiger partial charge in [-0.25, -0.2) is 4.98 Å². The topological polar surface area (TPSA) is 42.0 Å². The van der Waals surface area contributed by atoms with Crippen molar-refractivity contribution in [3.8, 4) is 0 Å². The maximum atomic E-state index is 11.8. The fourth-order valence-electron chi connectivity index (χ4n) is 1.10. The average Bonchev–Trinajstić information content (AvgIpc) is 2.68. The zero-order valence-corrected chi connectivity index (χ0v) is 11.1. The molecule has 0 aromatic carbocycles. The maximum absolute atomic E-state index is 11.8. The molecule has 0 fully saturated rings. The lowest BCUT2D eigenvalue weighted by Crippen LogP contribution is -2.10. The maximum Gasteiger partial charge on any atom is 0.265 e. The summed E-state index contributed by atoms with van der Waals surface area (Å²) in [6.45, 7) is 0. The SMILES string of the molecule is O=C(Nc1cccnc1Br)c1ccc(Cl)s1. The van der Waals surface area contributed by atoms with Gasteiger partial charge in [0.2, 0.25) is 0 Å². The van der Waals surface area contributed by atoms with E-state index in [4.69, 9.17) is 11.6 Å². The van der Waals surface area contributed by atoms with Crippen LogP contribution in [0.2, 0.25) is 4.34 Å². The van der Waals surface area contributed by atoms with E-state index in [2.05, 4.69) is 26.2 Å². The Hall–Kier alpha value is -0.910. The van der Waals surface area contributed by atoms with Crippen LogP contribution in [0.25, 0.3) is 0 Å². The fraction of sp³-hybridized carbons (Fsp3) is 0. The highest BCUT2D eigenvalue weighted by Gasteiger charge is 2.10. The van der Waals surface area contributed by atoms with E-state index in [1.54, 1.807) is 30.5 Å². The van der Waals surface area contributed by atoms with Gasteiger partial charge in [0.1, 0.15) is 4.60 Å². The second-order valence-corrected chi connectivity index (χ2v) is 5.37. The zero-order chi connectivity index (χ0) is 11.5. The molecule has 0 saturated carbocycles. The second kappa shape index (κ2) is 4.95. The molecule has 0 saturated heterocycles. The number of nitrogens with zero attached hydrogens (tertiary/aromatic N) is 1. The van der Waals surface area contributed by atoms with Crippen LogP contribution in [0, 0.1) is 0 Å². The lowest BCUT2D eigenvalue weighted by molar-refractivity contribution is 0.103. The minimum absolute atomic E-state index is 0.189. The predicted molar refractivity (Wildman–Crippen MR) is 69.2 cm³/mol. The number of nitrogens with one attached hydrogen (secondary N) is 1. The van der Waals surface area contributed by atoms with Gasteiger partial charge in [-0.2, -0.15) is 0 Å². The highest BCUT2D eigenvalue weighted by Crippen LogP contribution is 2.24. The Morgan fingerprint density at radius 3 is 2.88 bits per heavy atom. The van der Waals surface area contributed by atoms with E-state index in [1.807, 2.05) is 0 Å². The summed E-state index contributed by atoms with van der Waals surface area (Å²) < 4.78 is 1.20. The van der Waals surface area contributed by atoms with Gasteiger partial charge in [0.05, 0.1) is 14.9 Å². The average molecular weight is 318 g/mol. The van der Waals surface area contributed by atoms with Crippen LogP contribution in [-0.4, -0.2) is 10.9 Å². The molecule has 1 N–H and O–H groups in total. The van der Waals surface area contributed by atoms with E-state index in [-0.39, 0.29) is 5.91 Å². The van der Waals surface area contributed by atoms with Crippen LogP contribution in [0.4, 0.5) is 5.69 Å². The molecule has 2 aromatic rings. The molecule has 1 amide bonds. The van der Waals surface area contributed by atoms with Gasteiger partial charge >= 0.3 is 0 Å². The van der Waals surface area contributed by atoms with Crippen LogP contribution in [0.15, 0.2) is 35.1 Å². The van der Waals surface area contributed by atoms with Crippen LogP contribution in [0.5, 0.6) is 0 Å². The monoisotopic (exact) mass is 316 g/mol. The first kappa shape index (κ1) is 11.6. The third kappa shape index (κ3) is 2.61. The van der Waals surface area contributed by atoms with Crippen molar-refractivity contribution < 1.29 is 4.79 Å². The largest absolute Gasteiger partial charge is 0.319 e. The van der Waals surface area contributed by atoms with Gasteiger partial charge in [-0.05, 0) is 40.2 Å². The number of anilines is 1. The standard InChI is InChI=1S/C10H6BrClN2OS/c11-9-6(2-1-5-13-9)14-10(15)7-3-4-8(12)16-7/h1-5H,(H,14,15). The Bertz CT molecular complexity index is 529. The van der Waals surface area contributed by atoms with E-state index in [9.17, 15) is 4.79 Å². The molecule has 0 unspecified atom stereocenters. The summed E-state index contributed by atoms with van der Waals surface area (Å²) in [6, 6.07) is 6.90. The van der Waals surface area contributed by atoms with Crippen molar-refractivity contribution in [2.45, 2.75) is 0 Å². The van der Waals surface area contributed by atoms with Crippen molar-refractivity contribution in [1.82, 2.24) is 4.98 Å². The lowest BCUT2D eigenvalue weighted by atomic mass is 10.4.